The van der Waals surface area contributed by atoms with Crippen LogP contribution in [0.2, 0.25) is 9.79 Å². The van der Waals surface area contributed by atoms with E-state index in [1.165, 1.54) is 0 Å². The minimum Gasteiger partial charge on any atom is -0.147 e. The Morgan fingerprint density at radius 1 is 1.38 bits per heavy atom. The Hall–Kier alpha value is 0.442. The third-order valence-electron chi connectivity index (χ3n) is 0.640. The summed E-state index contributed by atoms with van der Waals surface area (Å²) in [7, 11) is 0. The van der Waals surface area contributed by atoms with Crippen molar-refractivity contribution >= 4 is 12.4 Å². The van der Waals surface area contributed by atoms with Crippen molar-refractivity contribution in [3.63, 3.8) is 0 Å². The molecule has 8 heavy (non-hydrogen) atoms. The zero-order valence-corrected chi connectivity index (χ0v) is 7.46. The summed E-state index contributed by atoms with van der Waals surface area (Å²) in [5.41, 5.74) is 0. The molecule has 0 aliphatic carbocycles. The topological polar surface area (TPSA) is 23.8 Å². The molecule has 0 amide bonds. The zero-order valence-electron chi connectivity index (χ0n) is 5.09. The molecule has 1 nitrogen and oxygen atoms in total. The van der Waals surface area contributed by atoms with Gasteiger partial charge in [-0.15, -0.1) is 12.4 Å². The molecule has 0 N–H and O–H groups in total. The van der Waals surface area contributed by atoms with Gasteiger partial charge in [0.25, 0.3) is 0 Å². The van der Waals surface area contributed by atoms with E-state index in [0.29, 0.717) is 0 Å². The molecular weight excluding hydrogens is 216 g/mol. The molecule has 0 spiro atoms. The first-order chi connectivity index (χ1) is 3.35. The standard InChI is InChI=1S/2C2H5.CN.ClH.Pd/c3*1-2;;/h2*1H2,2H3;;1H;. The molecular formula is C5H11ClNPd. The summed E-state index contributed by atoms with van der Waals surface area (Å²) in [4.78, 5) is 2.22. The fourth-order valence-electron chi connectivity index (χ4n) is 0.258. The van der Waals surface area contributed by atoms with Gasteiger partial charge in [0.15, 0.2) is 0 Å². The van der Waals surface area contributed by atoms with Crippen molar-refractivity contribution in [3.05, 3.63) is 0 Å². The predicted molar refractivity (Wildman–Crippen MR) is 33.8 cm³/mol. The van der Waals surface area contributed by atoms with E-state index in [4.69, 9.17) is 5.26 Å². The number of rotatable bonds is 2. The van der Waals surface area contributed by atoms with Crippen LogP contribution >= 0.6 is 12.4 Å². The number of halogens is 1. The zero-order chi connectivity index (χ0) is 5.70. The first kappa shape index (κ1) is 11.3. The van der Waals surface area contributed by atoms with Crippen molar-refractivity contribution in [1.29, 1.82) is 5.26 Å². The van der Waals surface area contributed by atoms with E-state index in [-0.39, 0.29) is 12.4 Å². The Kier molecular flexibility index (Phi) is 10.5. The summed E-state index contributed by atoms with van der Waals surface area (Å²) in [6.45, 7) is 4.18. The Morgan fingerprint density at radius 2 is 1.75 bits per heavy atom. The number of nitriles is 1. The molecule has 0 atom stereocenters. The second-order valence-electron chi connectivity index (χ2n) is 0.900. The Labute approximate surface area is 62.8 Å². The van der Waals surface area contributed by atoms with Crippen LogP contribution in [0.5, 0.6) is 0 Å². The third kappa shape index (κ3) is 4.60. The molecule has 3 heteroatoms. The van der Waals surface area contributed by atoms with Crippen LogP contribution < -0.4 is 0 Å². The van der Waals surface area contributed by atoms with Crippen LogP contribution in [-0.4, -0.2) is 0 Å². The monoisotopic (exact) mass is 226 g/mol. The van der Waals surface area contributed by atoms with Crippen LogP contribution in [0.4, 0.5) is 0 Å². The Bertz CT molecular complexity index is 75.0. The Morgan fingerprint density at radius 3 is 1.75 bits per heavy atom. The minimum absolute atomic E-state index is 0. The number of nitrogens with zero attached hydrogens (tertiary/aromatic N) is 1. The van der Waals surface area contributed by atoms with Crippen molar-refractivity contribution in [2.45, 2.75) is 23.6 Å². The molecule has 0 aromatic heterocycles. The summed E-state index contributed by atoms with van der Waals surface area (Å²) in [5.74, 6) is 0. The van der Waals surface area contributed by atoms with E-state index >= 15 is 0 Å². The molecule has 53 valence electrons. The van der Waals surface area contributed by atoms with Crippen LogP contribution in [0.1, 0.15) is 13.8 Å². The largest absolute Gasteiger partial charge is 0.147 e. The van der Waals surface area contributed by atoms with E-state index < -0.39 is 16.8 Å². The van der Waals surface area contributed by atoms with Crippen molar-refractivity contribution in [2.24, 2.45) is 0 Å². The first-order valence-corrected chi connectivity index (χ1v) is 5.22. The maximum absolute atomic E-state index is 8.33. The molecule has 0 aliphatic rings. The number of hydrogen-bond donors (Lipinski definition) is 0. The summed E-state index contributed by atoms with van der Waals surface area (Å²) in [6.07, 6.45) is 0. The second kappa shape index (κ2) is 7.44. The predicted octanol–water partition coefficient (Wildman–Crippen LogP) is 2.38. The normalized spacial score (nSPS) is 8.88. The molecule has 0 rings (SSSR count). The van der Waals surface area contributed by atoms with Gasteiger partial charge in [-0.1, -0.05) is 0 Å². The molecule has 0 unspecified atom stereocenters. The van der Waals surface area contributed by atoms with Crippen molar-refractivity contribution < 1.29 is 16.8 Å². The van der Waals surface area contributed by atoms with Gasteiger partial charge >= 0.3 is 50.2 Å². The summed E-state index contributed by atoms with van der Waals surface area (Å²) in [6, 6.07) is 0. The summed E-state index contributed by atoms with van der Waals surface area (Å²) < 4.78 is 2.32. The van der Waals surface area contributed by atoms with Gasteiger partial charge in [0.2, 0.25) is 0 Å². The van der Waals surface area contributed by atoms with Crippen LogP contribution in [0.15, 0.2) is 0 Å². The van der Waals surface area contributed by atoms with Gasteiger partial charge in [-0.05, 0) is 0 Å². The molecule has 0 aromatic carbocycles. The van der Waals surface area contributed by atoms with Crippen molar-refractivity contribution in [3.8, 4) is 4.54 Å². The molecule has 0 radical (unpaired) electrons. The second-order valence-corrected chi connectivity index (χ2v) is 5.32. The van der Waals surface area contributed by atoms with Crippen LogP contribution in [0.3, 0.4) is 0 Å². The number of hydrogen-bond acceptors (Lipinski definition) is 1. The Balaban J connectivity index is 0. The van der Waals surface area contributed by atoms with Crippen LogP contribution in [-0.2, 0) is 16.8 Å². The van der Waals surface area contributed by atoms with Gasteiger partial charge < -0.3 is 0 Å². The van der Waals surface area contributed by atoms with Gasteiger partial charge in [0.05, 0.1) is 0 Å². The maximum Gasteiger partial charge on any atom is -0.147 e. The average Bonchev–Trinajstić information content (AvgIpc) is 1.72. The SMILES string of the molecule is C[CH2][Pd]([C]#N)[CH2]C.Cl. The van der Waals surface area contributed by atoms with Crippen molar-refractivity contribution in [2.75, 3.05) is 0 Å². The molecule has 0 heterocycles. The van der Waals surface area contributed by atoms with E-state index in [2.05, 4.69) is 18.4 Å². The fourth-order valence-corrected chi connectivity index (χ4v) is 1.53. The molecule has 0 aliphatic heterocycles. The van der Waals surface area contributed by atoms with Gasteiger partial charge in [-0.25, -0.2) is 0 Å². The smallest absolute Gasteiger partial charge is 0.147 e. The van der Waals surface area contributed by atoms with E-state index in [9.17, 15) is 0 Å². The molecule has 0 bridgehead atoms. The van der Waals surface area contributed by atoms with Crippen molar-refractivity contribution in [1.82, 2.24) is 0 Å². The first-order valence-electron chi connectivity index (χ1n) is 2.24. The van der Waals surface area contributed by atoms with E-state index in [0.717, 1.165) is 9.79 Å². The average molecular weight is 227 g/mol. The van der Waals surface area contributed by atoms with E-state index in [1.807, 2.05) is 0 Å². The molecule has 0 aromatic rings. The van der Waals surface area contributed by atoms with Crippen LogP contribution in [0.25, 0.3) is 0 Å². The van der Waals surface area contributed by atoms with Gasteiger partial charge in [-0.2, -0.15) is 0 Å². The van der Waals surface area contributed by atoms with Crippen LogP contribution in [0, 0.1) is 9.80 Å². The molecule has 0 fully saturated rings. The third-order valence-corrected chi connectivity index (χ3v) is 3.79. The van der Waals surface area contributed by atoms with Gasteiger partial charge in [-0.3, -0.25) is 0 Å². The quantitative estimate of drug-likeness (QED) is 0.664. The van der Waals surface area contributed by atoms with Gasteiger partial charge in [0.1, 0.15) is 0 Å². The molecule has 0 saturated carbocycles. The fraction of sp³-hybridized carbons (Fsp3) is 0.800. The summed E-state index contributed by atoms with van der Waals surface area (Å²) >= 11 is -0.681. The maximum atomic E-state index is 8.33. The summed E-state index contributed by atoms with van der Waals surface area (Å²) in [5, 5.41) is 8.33. The minimum atomic E-state index is -0.681. The van der Waals surface area contributed by atoms with E-state index in [1.54, 1.807) is 0 Å². The molecule has 0 saturated heterocycles. The van der Waals surface area contributed by atoms with Gasteiger partial charge in [0, 0.05) is 0 Å².